The summed E-state index contributed by atoms with van der Waals surface area (Å²) in [6.45, 7) is 0.472. The van der Waals surface area contributed by atoms with E-state index >= 15 is 0 Å². The lowest BCUT2D eigenvalue weighted by Crippen LogP contribution is -2.41. The average molecular weight is 271 g/mol. The van der Waals surface area contributed by atoms with Gasteiger partial charge in [-0.25, -0.2) is 8.78 Å². The maximum atomic E-state index is 13.3. The van der Waals surface area contributed by atoms with Crippen LogP contribution in [0.5, 0.6) is 5.75 Å². The normalized spacial score (nSPS) is 26.6. The highest BCUT2D eigenvalue weighted by Gasteiger charge is 2.39. The summed E-state index contributed by atoms with van der Waals surface area (Å²) < 4.78 is 31.5. The molecule has 0 amide bonds. The van der Waals surface area contributed by atoms with E-state index in [9.17, 15) is 13.9 Å². The highest BCUT2D eigenvalue weighted by atomic mass is 19.1. The molecule has 2 rings (SSSR count). The first-order valence-corrected chi connectivity index (χ1v) is 6.55. The minimum Gasteiger partial charge on any atom is -0.490 e. The third-order valence-electron chi connectivity index (χ3n) is 3.89. The summed E-state index contributed by atoms with van der Waals surface area (Å²) in [5.74, 6) is -1.14. The number of benzene rings is 1. The third-order valence-corrected chi connectivity index (χ3v) is 3.89. The molecule has 0 saturated heterocycles. The summed E-state index contributed by atoms with van der Waals surface area (Å²) >= 11 is 0. The van der Waals surface area contributed by atoms with Crippen LogP contribution in [0.4, 0.5) is 8.78 Å². The van der Waals surface area contributed by atoms with Gasteiger partial charge in [0.05, 0.1) is 12.2 Å². The number of halogens is 2. The van der Waals surface area contributed by atoms with E-state index < -0.39 is 17.2 Å². The Bertz CT molecular complexity index is 441. The number of nitrogens with two attached hydrogens (primary N) is 1. The van der Waals surface area contributed by atoms with E-state index in [4.69, 9.17) is 10.5 Å². The predicted octanol–water partition coefficient (Wildman–Crippen LogP) is 2.22. The highest BCUT2D eigenvalue weighted by molar-refractivity contribution is 5.24. The molecule has 0 bridgehead atoms. The van der Waals surface area contributed by atoms with Gasteiger partial charge in [-0.1, -0.05) is 6.42 Å². The van der Waals surface area contributed by atoms with Crippen LogP contribution in [0.2, 0.25) is 0 Å². The second kappa shape index (κ2) is 5.84. The zero-order chi connectivity index (χ0) is 13.9. The van der Waals surface area contributed by atoms with Crippen molar-refractivity contribution in [3.63, 3.8) is 0 Å². The van der Waals surface area contributed by atoms with Gasteiger partial charge in [0.2, 0.25) is 0 Å². The van der Waals surface area contributed by atoms with Gasteiger partial charge in [0.1, 0.15) is 5.82 Å². The van der Waals surface area contributed by atoms with Gasteiger partial charge < -0.3 is 15.6 Å². The molecule has 3 N–H and O–H groups in total. The van der Waals surface area contributed by atoms with E-state index in [0.717, 1.165) is 31.0 Å². The van der Waals surface area contributed by atoms with Gasteiger partial charge in [0.15, 0.2) is 11.6 Å². The van der Waals surface area contributed by atoms with E-state index in [1.165, 1.54) is 0 Å². The molecule has 2 atom stereocenters. The second-order valence-electron chi connectivity index (χ2n) is 5.11. The molecule has 1 aromatic carbocycles. The molecular weight excluding hydrogens is 252 g/mol. The standard InChI is InChI=1S/C14H19F2NO2/c15-11-3-4-12(16)13(8-11)19-7-5-10-2-1-6-14(10,18)9-17/h3-4,8,10,18H,1-2,5-7,9,17H2. The Morgan fingerprint density at radius 2 is 2.21 bits per heavy atom. The Balaban J connectivity index is 1.88. The minimum absolute atomic E-state index is 0.0640. The van der Waals surface area contributed by atoms with Crippen molar-refractivity contribution in [2.75, 3.05) is 13.2 Å². The molecule has 5 heteroatoms. The van der Waals surface area contributed by atoms with Crippen LogP contribution in [0, 0.1) is 17.6 Å². The van der Waals surface area contributed by atoms with Crippen LogP contribution >= 0.6 is 0 Å². The average Bonchev–Trinajstić information content (AvgIpc) is 2.76. The fraction of sp³-hybridized carbons (Fsp3) is 0.571. The fourth-order valence-corrected chi connectivity index (χ4v) is 2.71. The Morgan fingerprint density at radius 3 is 2.95 bits per heavy atom. The molecule has 1 aromatic rings. The number of aliphatic hydroxyl groups is 1. The summed E-state index contributed by atoms with van der Waals surface area (Å²) in [7, 11) is 0. The van der Waals surface area contributed by atoms with Crippen molar-refractivity contribution in [1.82, 2.24) is 0 Å². The zero-order valence-corrected chi connectivity index (χ0v) is 10.7. The lowest BCUT2D eigenvalue weighted by atomic mass is 9.88. The van der Waals surface area contributed by atoms with Gasteiger partial charge in [-0.3, -0.25) is 0 Å². The SMILES string of the molecule is NCC1(O)CCCC1CCOc1cc(F)ccc1F. The van der Waals surface area contributed by atoms with Crippen LogP contribution < -0.4 is 10.5 Å². The predicted molar refractivity (Wildman–Crippen MR) is 67.8 cm³/mol. The molecule has 1 saturated carbocycles. The van der Waals surface area contributed by atoms with E-state index in [2.05, 4.69) is 0 Å². The Labute approximate surface area is 111 Å². The van der Waals surface area contributed by atoms with E-state index in [1.54, 1.807) is 0 Å². The van der Waals surface area contributed by atoms with Crippen LogP contribution in [0.1, 0.15) is 25.7 Å². The fourth-order valence-electron chi connectivity index (χ4n) is 2.71. The van der Waals surface area contributed by atoms with Gasteiger partial charge in [0, 0.05) is 12.6 Å². The van der Waals surface area contributed by atoms with Crippen molar-refractivity contribution in [3.05, 3.63) is 29.8 Å². The van der Waals surface area contributed by atoms with Crippen LogP contribution in [-0.4, -0.2) is 23.9 Å². The van der Waals surface area contributed by atoms with Crippen LogP contribution in [-0.2, 0) is 0 Å². The molecule has 1 fully saturated rings. The zero-order valence-electron chi connectivity index (χ0n) is 10.7. The largest absolute Gasteiger partial charge is 0.490 e. The molecule has 1 aliphatic rings. The summed E-state index contributed by atoms with van der Waals surface area (Å²) in [5.41, 5.74) is 4.76. The molecule has 2 unspecified atom stereocenters. The Morgan fingerprint density at radius 1 is 1.42 bits per heavy atom. The van der Waals surface area contributed by atoms with Crippen LogP contribution in [0.3, 0.4) is 0 Å². The first kappa shape index (κ1) is 14.2. The summed E-state index contributed by atoms with van der Waals surface area (Å²) in [6.07, 6.45) is 3.11. The van der Waals surface area contributed by atoms with Crippen molar-refractivity contribution in [1.29, 1.82) is 0 Å². The molecule has 0 aromatic heterocycles. The molecule has 19 heavy (non-hydrogen) atoms. The summed E-state index contributed by atoms with van der Waals surface area (Å²) in [5, 5.41) is 10.2. The Hall–Kier alpha value is -1.20. The van der Waals surface area contributed by atoms with E-state index in [1.807, 2.05) is 0 Å². The second-order valence-corrected chi connectivity index (χ2v) is 5.11. The van der Waals surface area contributed by atoms with Crippen molar-refractivity contribution in [3.8, 4) is 5.75 Å². The molecule has 106 valence electrons. The third kappa shape index (κ3) is 3.22. The molecular formula is C14H19F2NO2. The number of rotatable bonds is 5. The maximum Gasteiger partial charge on any atom is 0.165 e. The first-order chi connectivity index (χ1) is 9.05. The van der Waals surface area contributed by atoms with Crippen molar-refractivity contribution >= 4 is 0 Å². The topological polar surface area (TPSA) is 55.5 Å². The highest BCUT2D eigenvalue weighted by Crippen LogP contribution is 2.37. The van der Waals surface area contributed by atoms with Gasteiger partial charge in [-0.05, 0) is 37.3 Å². The van der Waals surface area contributed by atoms with E-state index in [-0.39, 0.29) is 24.8 Å². The van der Waals surface area contributed by atoms with E-state index in [0.29, 0.717) is 12.8 Å². The molecule has 1 aliphatic carbocycles. The van der Waals surface area contributed by atoms with Gasteiger partial charge >= 0.3 is 0 Å². The minimum atomic E-state index is -0.830. The number of ether oxygens (including phenoxy) is 1. The maximum absolute atomic E-state index is 13.3. The van der Waals surface area contributed by atoms with Crippen molar-refractivity contribution < 1.29 is 18.6 Å². The molecule has 0 heterocycles. The van der Waals surface area contributed by atoms with Crippen LogP contribution in [0.15, 0.2) is 18.2 Å². The van der Waals surface area contributed by atoms with Gasteiger partial charge in [-0.2, -0.15) is 0 Å². The molecule has 0 radical (unpaired) electrons. The molecule has 3 nitrogen and oxygen atoms in total. The van der Waals surface area contributed by atoms with Crippen molar-refractivity contribution in [2.24, 2.45) is 11.7 Å². The summed E-state index contributed by atoms with van der Waals surface area (Å²) in [6, 6.07) is 3.11. The monoisotopic (exact) mass is 271 g/mol. The Kier molecular flexibility index (Phi) is 4.37. The summed E-state index contributed by atoms with van der Waals surface area (Å²) in [4.78, 5) is 0. The number of hydrogen-bond acceptors (Lipinski definition) is 3. The van der Waals surface area contributed by atoms with Gasteiger partial charge in [0.25, 0.3) is 0 Å². The van der Waals surface area contributed by atoms with Gasteiger partial charge in [-0.15, -0.1) is 0 Å². The quantitative estimate of drug-likeness (QED) is 0.863. The van der Waals surface area contributed by atoms with Crippen molar-refractivity contribution in [2.45, 2.75) is 31.3 Å². The first-order valence-electron chi connectivity index (χ1n) is 6.55. The lowest BCUT2D eigenvalue weighted by molar-refractivity contribution is 0.00340. The molecule has 0 aliphatic heterocycles. The molecule has 0 spiro atoms. The lowest BCUT2D eigenvalue weighted by Gasteiger charge is -2.28. The van der Waals surface area contributed by atoms with Crippen LogP contribution in [0.25, 0.3) is 0 Å². The smallest absolute Gasteiger partial charge is 0.165 e. The number of hydrogen-bond donors (Lipinski definition) is 2.